The molecule has 0 aliphatic heterocycles. The van der Waals surface area contributed by atoms with Gasteiger partial charge in [-0.2, -0.15) is 0 Å². The molecule has 0 bridgehead atoms. The number of alkyl halides is 2. The summed E-state index contributed by atoms with van der Waals surface area (Å²) in [5, 5.41) is 13.5. The van der Waals surface area contributed by atoms with E-state index in [9.17, 15) is 19.2 Å². The van der Waals surface area contributed by atoms with Gasteiger partial charge in [0.05, 0.1) is 5.88 Å². The van der Waals surface area contributed by atoms with Crippen molar-refractivity contribution in [1.82, 2.24) is 0 Å². The number of halogens is 3. The topological polar surface area (TPSA) is 122 Å². The molecule has 2 aromatic carbocycles. The normalized spacial score (nSPS) is 9.06. The quantitative estimate of drug-likeness (QED) is 0.190. The molecule has 0 aromatic heterocycles. The Bertz CT molecular complexity index is 858. The monoisotopic (exact) mass is 490 g/mol. The minimum atomic E-state index is -0.510. The molecule has 2 amide bonds. The molecule has 8 nitrogen and oxygen atoms in total. The number of phenolic OH excluding ortho intramolecular Hbond substituents is 1. The van der Waals surface area contributed by atoms with Gasteiger partial charge in [0, 0.05) is 25.2 Å². The van der Waals surface area contributed by atoms with E-state index in [1.807, 2.05) is 0 Å². The van der Waals surface area contributed by atoms with E-state index in [4.69, 9.17) is 44.6 Å². The average molecular weight is 492 g/mol. The molecule has 11 heteroatoms. The van der Waals surface area contributed by atoms with E-state index in [1.165, 1.54) is 26.0 Å². The Morgan fingerprint density at radius 1 is 0.806 bits per heavy atom. The largest absolute Gasteiger partial charge is 0.508 e. The lowest BCUT2D eigenvalue weighted by atomic mass is 10.3. The van der Waals surface area contributed by atoms with E-state index in [2.05, 4.69) is 10.6 Å². The van der Waals surface area contributed by atoms with E-state index in [1.54, 1.807) is 36.4 Å². The molecule has 0 unspecified atom stereocenters. The van der Waals surface area contributed by atoms with Crippen LogP contribution in [0.5, 0.6) is 11.5 Å². The molecule has 31 heavy (non-hydrogen) atoms. The molecule has 2 aromatic rings. The van der Waals surface area contributed by atoms with Gasteiger partial charge < -0.3 is 20.5 Å². The van der Waals surface area contributed by atoms with Gasteiger partial charge in [0.1, 0.15) is 17.4 Å². The summed E-state index contributed by atoms with van der Waals surface area (Å²) in [4.78, 5) is 41.5. The number of ether oxygens (including phenoxy) is 1. The van der Waals surface area contributed by atoms with Crippen LogP contribution in [0.15, 0.2) is 48.5 Å². The van der Waals surface area contributed by atoms with Crippen LogP contribution in [-0.4, -0.2) is 39.9 Å². The Labute approximate surface area is 194 Å². The van der Waals surface area contributed by atoms with Crippen LogP contribution in [0.1, 0.15) is 13.8 Å². The van der Waals surface area contributed by atoms with Gasteiger partial charge >= 0.3 is 5.97 Å². The number of hydrogen-bond donors (Lipinski definition) is 3. The van der Waals surface area contributed by atoms with E-state index in [-0.39, 0.29) is 29.3 Å². The first kappa shape index (κ1) is 28.2. The van der Waals surface area contributed by atoms with Crippen molar-refractivity contribution in [3.63, 3.8) is 0 Å². The van der Waals surface area contributed by atoms with Gasteiger partial charge in [0.15, 0.2) is 0 Å². The summed E-state index contributed by atoms with van der Waals surface area (Å²) < 4.78 is 4.84. The molecule has 0 spiro atoms. The number of amides is 2. The zero-order valence-corrected chi connectivity index (χ0v) is 18.9. The van der Waals surface area contributed by atoms with E-state index in [0.717, 1.165) is 0 Å². The Morgan fingerprint density at radius 3 is 1.52 bits per heavy atom. The third-order valence-electron chi connectivity index (χ3n) is 2.81. The van der Waals surface area contributed by atoms with E-state index in [0.29, 0.717) is 17.1 Å². The smallest absolute Gasteiger partial charge is 0.326 e. The first-order valence-corrected chi connectivity index (χ1v) is 9.97. The second kappa shape index (κ2) is 16.0. The van der Waals surface area contributed by atoms with Gasteiger partial charge in [-0.3, -0.25) is 19.2 Å². The third kappa shape index (κ3) is 15.7. The van der Waals surface area contributed by atoms with E-state index < -0.39 is 11.2 Å². The Kier molecular flexibility index (Phi) is 14.5. The highest BCUT2D eigenvalue weighted by Gasteiger charge is 2.02. The number of nitrogens with one attached hydrogen (secondary N) is 2. The molecule has 3 N–H and O–H groups in total. The SMILES string of the molecule is CC(=O)Nc1ccc(O)cc1.CC(=O)Nc1ccc(OC(=O)CCl)cc1.O=C(Cl)CCl. The van der Waals surface area contributed by atoms with Crippen LogP contribution in [0.4, 0.5) is 11.4 Å². The summed E-state index contributed by atoms with van der Waals surface area (Å²) in [5.41, 5.74) is 1.34. The highest BCUT2D eigenvalue weighted by molar-refractivity contribution is 6.67. The number of anilines is 2. The fraction of sp³-hybridized carbons (Fsp3) is 0.200. The summed E-state index contributed by atoms with van der Waals surface area (Å²) in [6.07, 6.45) is 0. The number of carbonyl (C=O) groups is 4. The lowest BCUT2D eigenvalue weighted by Gasteiger charge is -2.04. The second-order valence-electron chi connectivity index (χ2n) is 5.53. The molecule has 2 rings (SSSR count). The standard InChI is InChI=1S/C10H10ClNO3.C8H9NO2.C2H2Cl2O/c1-7(13)12-8-2-4-9(5-3-8)15-10(14)6-11;1-6(10)9-7-2-4-8(11)5-3-7;3-1-2(4)5/h2-5H,6H2,1H3,(H,12,13);2-5,11H,1H3,(H,9,10);1H2. The van der Waals surface area contributed by atoms with Gasteiger partial charge in [0.25, 0.3) is 0 Å². The van der Waals surface area contributed by atoms with Gasteiger partial charge in [-0.15, -0.1) is 23.2 Å². The first-order valence-electron chi connectivity index (χ1n) is 8.52. The molecule has 0 atom stereocenters. The van der Waals surface area contributed by atoms with Crippen molar-refractivity contribution < 1.29 is 29.0 Å². The molecule has 0 aliphatic rings. The predicted octanol–water partition coefficient (Wildman–Crippen LogP) is 4.13. The first-order chi connectivity index (χ1) is 14.6. The lowest BCUT2D eigenvalue weighted by Crippen LogP contribution is -2.09. The van der Waals surface area contributed by atoms with Gasteiger partial charge in [-0.05, 0) is 60.1 Å². The predicted molar refractivity (Wildman–Crippen MR) is 121 cm³/mol. The molecular formula is C20H21Cl3N2O6. The fourth-order valence-electron chi connectivity index (χ4n) is 1.72. The minimum absolute atomic E-state index is 0.0957. The van der Waals surface area contributed by atoms with Gasteiger partial charge in [0.2, 0.25) is 17.1 Å². The average Bonchev–Trinajstić information content (AvgIpc) is 2.71. The molecule has 0 saturated carbocycles. The lowest BCUT2D eigenvalue weighted by molar-refractivity contribution is -0.131. The van der Waals surface area contributed by atoms with E-state index >= 15 is 0 Å². The summed E-state index contributed by atoms with van der Waals surface area (Å²) in [6, 6.07) is 12.7. The van der Waals surface area contributed by atoms with Crippen molar-refractivity contribution in [3.8, 4) is 11.5 Å². The van der Waals surface area contributed by atoms with Crippen LogP contribution < -0.4 is 15.4 Å². The van der Waals surface area contributed by atoms with Crippen LogP contribution >= 0.6 is 34.8 Å². The van der Waals surface area contributed by atoms with Crippen LogP contribution in [0.25, 0.3) is 0 Å². The van der Waals surface area contributed by atoms with Gasteiger partial charge in [-0.25, -0.2) is 0 Å². The van der Waals surface area contributed by atoms with Crippen LogP contribution in [0, 0.1) is 0 Å². The summed E-state index contributed by atoms with van der Waals surface area (Å²) in [6.45, 7) is 2.86. The van der Waals surface area contributed by atoms with Crippen molar-refractivity contribution in [2.45, 2.75) is 13.8 Å². The maximum Gasteiger partial charge on any atom is 0.326 e. The zero-order chi connectivity index (χ0) is 23.8. The minimum Gasteiger partial charge on any atom is -0.508 e. The Hall–Kier alpha value is -2.81. The molecule has 0 saturated heterocycles. The highest BCUT2D eigenvalue weighted by Crippen LogP contribution is 2.16. The number of rotatable bonds is 5. The van der Waals surface area contributed by atoms with Crippen LogP contribution in [0.3, 0.4) is 0 Å². The summed E-state index contributed by atoms with van der Waals surface area (Å²) >= 11 is 14.8. The maximum absolute atomic E-state index is 10.8. The fourth-order valence-corrected chi connectivity index (χ4v) is 1.77. The third-order valence-corrected chi connectivity index (χ3v) is 3.54. The van der Waals surface area contributed by atoms with Crippen molar-refractivity contribution in [1.29, 1.82) is 0 Å². The number of esters is 1. The zero-order valence-electron chi connectivity index (χ0n) is 16.7. The summed E-state index contributed by atoms with van der Waals surface area (Å²) in [7, 11) is 0. The number of hydrogen-bond acceptors (Lipinski definition) is 6. The second-order valence-corrected chi connectivity index (χ2v) is 6.49. The molecule has 0 radical (unpaired) electrons. The molecular weight excluding hydrogens is 471 g/mol. The number of phenols is 1. The van der Waals surface area contributed by atoms with Crippen molar-refractivity contribution in [3.05, 3.63) is 48.5 Å². The maximum atomic E-state index is 10.8. The Morgan fingerprint density at radius 2 is 1.19 bits per heavy atom. The van der Waals surface area contributed by atoms with Crippen molar-refractivity contribution >= 4 is 69.2 Å². The van der Waals surface area contributed by atoms with Crippen LogP contribution in [0.2, 0.25) is 0 Å². The Balaban J connectivity index is 0.000000492. The van der Waals surface area contributed by atoms with Crippen molar-refractivity contribution in [2.24, 2.45) is 0 Å². The van der Waals surface area contributed by atoms with Crippen LogP contribution in [-0.2, 0) is 19.2 Å². The molecule has 0 heterocycles. The summed E-state index contributed by atoms with van der Waals surface area (Å²) in [5.74, 6) is -0.469. The number of benzene rings is 2. The van der Waals surface area contributed by atoms with Gasteiger partial charge in [-0.1, -0.05) is 0 Å². The number of aromatic hydroxyl groups is 1. The highest BCUT2D eigenvalue weighted by atomic mass is 35.5. The number of carbonyl (C=O) groups excluding carboxylic acids is 4. The molecule has 168 valence electrons. The van der Waals surface area contributed by atoms with Crippen molar-refractivity contribution in [2.75, 3.05) is 22.4 Å². The molecule has 0 fully saturated rings. The molecule has 0 aliphatic carbocycles.